The molecule has 0 saturated heterocycles. The van der Waals surface area contributed by atoms with E-state index in [0.717, 1.165) is 12.1 Å². The molecule has 1 aromatic rings. The molecule has 21 heavy (non-hydrogen) atoms. The highest BCUT2D eigenvalue weighted by Gasteiger charge is 2.14. The standard InChI is InChI=1S/C15H22ClNO4/c1-10(2)7-17-8-11-5-12(16)15(13(6-11)19-3)21-9-14(18)20-4/h5-6,10,17H,7-9H2,1-4H3. The molecular weight excluding hydrogens is 294 g/mol. The fourth-order valence-corrected chi connectivity index (χ4v) is 2.00. The molecule has 0 atom stereocenters. The van der Waals surface area contributed by atoms with E-state index in [0.29, 0.717) is 29.0 Å². The van der Waals surface area contributed by atoms with Crippen LogP contribution < -0.4 is 14.8 Å². The molecular formula is C15H22ClNO4. The smallest absolute Gasteiger partial charge is 0.343 e. The minimum atomic E-state index is -0.476. The quantitative estimate of drug-likeness (QED) is 0.747. The van der Waals surface area contributed by atoms with E-state index in [9.17, 15) is 4.79 Å². The number of nitrogens with one attached hydrogen (secondary N) is 1. The van der Waals surface area contributed by atoms with Crippen LogP contribution in [0, 0.1) is 5.92 Å². The Labute approximate surface area is 130 Å². The molecule has 0 aromatic heterocycles. The highest BCUT2D eigenvalue weighted by molar-refractivity contribution is 6.32. The monoisotopic (exact) mass is 315 g/mol. The summed E-state index contributed by atoms with van der Waals surface area (Å²) in [6, 6.07) is 3.63. The van der Waals surface area contributed by atoms with Gasteiger partial charge in [0.25, 0.3) is 0 Å². The molecule has 0 aliphatic heterocycles. The maximum absolute atomic E-state index is 11.1. The van der Waals surface area contributed by atoms with Crippen LogP contribution in [0.3, 0.4) is 0 Å². The molecule has 0 amide bonds. The zero-order chi connectivity index (χ0) is 15.8. The number of hydrogen-bond donors (Lipinski definition) is 1. The summed E-state index contributed by atoms with van der Waals surface area (Å²) in [5.74, 6) is 0.936. The van der Waals surface area contributed by atoms with Crippen LogP contribution in [0.2, 0.25) is 5.02 Å². The van der Waals surface area contributed by atoms with Gasteiger partial charge in [-0.15, -0.1) is 0 Å². The first kappa shape index (κ1) is 17.6. The summed E-state index contributed by atoms with van der Waals surface area (Å²) < 4.78 is 15.2. The number of carbonyl (C=O) groups excluding carboxylic acids is 1. The third-order valence-corrected chi connectivity index (χ3v) is 3.01. The number of methoxy groups -OCH3 is 2. The summed E-state index contributed by atoms with van der Waals surface area (Å²) in [6.45, 7) is 5.68. The van der Waals surface area contributed by atoms with Gasteiger partial charge in [0.05, 0.1) is 19.2 Å². The van der Waals surface area contributed by atoms with Crippen molar-refractivity contribution >= 4 is 17.6 Å². The Balaban J connectivity index is 2.79. The Morgan fingerprint density at radius 2 is 2.05 bits per heavy atom. The van der Waals surface area contributed by atoms with Gasteiger partial charge in [0, 0.05) is 6.54 Å². The molecule has 6 heteroatoms. The fourth-order valence-electron chi connectivity index (χ4n) is 1.71. The van der Waals surface area contributed by atoms with Crippen LogP contribution in [0.4, 0.5) is 0 Å². The van der Waals surface area contributed by atoms with Crippen LogP contribution in [0.5, 0.6) is 11.5 Å². The maximum atomic E-state index is 11.1. The molecule has 0 unspecified atom stereocenters. The van der Waals surface area contributed by atoms with Gasteiger partial charge in [-0.05, 0) is 30.2 Å². The number of halogens is 1. The highest BCUT2D eigenvalue weighted by Crippen LogP contribution is 2.36. The minimum Gasteiger partial charge on any atom is -0.493 e. The van der Waals surface area contributed by atoms with Gasteiger partial charge in [-0.2, -0.15) is 0 Å². The van der Waals surface area contributed by atoms with Gasteiger partial charge in [0.15, 0.2) is 18.1 Å². The molecule has 1 aromatic carbocycles. The van der Waals surface area contributed by atoms with Crippen molar-refractivity contribution in [2.45, 2.75) is 20.4 Å². The van der Waals surface area contributed by atoms with Crippen molar-refractivity contribution in [2.24, 2.45) is 5.92 Å². The van der Waals surface area contributed by atoms with E-state index in [2.05, 4.69) is 23.9 Å². The van der Waals surface area contributed by atoms with Crippen LogP contribution in [0.25, 0.3) is 0 Å². The van der Waals surface area contributed by atoms with Gasteiger partial charge in [0.1, 0.15) is 0 Å². The first-order valence-corrected chi connectivity index (χ1v) is 7.12. The first-order valence-electron chi connectivity index (χ1n) is 6.74. The fraction of sp³-hybridized carbons (Fsp3) is 0.533. The van der Waals surface area contributed by atoms with Gasteiger partial charge >= 0.3 is 5.97 Å². The average molecular weight is 316 g/mol. The van der Waals surface area contributed by atoms with Crippen LogP contribution in [0.15, 0.2) is 12.1 Å². The van der Waals surface area contributed by atoms with Crippen molar-refractivity contribution in [3.8, 4) is 11.5 Å². The second kappa shape index (κ2) is 8.74. The van der Waals surface area contributed by atoms with Crippen LogP contribution in [0.1, 0.15) is 19.4 Å². The van der Waals surface area contributed by atoms with Crippen LogP contribution in [-0.2, 0) is 16.1 Å². The van der Waals surface area contributed by atoms with Gasteiger partial charge in [-0.25, -0.2) is 4.79 Å². The van der Waals surface area contributed by atoms with E-state index in [1.807, 2.05) is 6.07 Å². The Bertz CT molecular complexity index is 477. The predicted molar refractivity (Wildman–Crippen MR) is 82.1 cm³/mol. The van der Waals surface area contributed by atoms with Crippen LogP contribution >= 0.6 is 11.6 Å². The Morgan fingerprint density at radius 3 is 2.62 bits per heavy atom. The second-order valence-electron chi connectivity index (χ2n) is 5.00. The Kier molecular flexibility index (Phi) is 7.32. The summed E-state index contributed by atoms with van der Waals surface area (Å²) >= 11 is 6.20. The lowest BCUT2D eigenvalue weighted by Gasteiger charge is -2.14. The van der Waals surface area contributed by atoms with Crippen molar-refractivity contribution in [1.29, 1.82) is 0 Å². The third-order valence-electron chi connectivity index (χ3n) is 2.73. The van der Waals surface area contributed by atoms with E-state index >= 15 is 0 Å². The summed E-state index contributed by atoms with van der Waals surface area (Å²) in [4.78, 5) is 11.1. The number of benzene rings is 1. The van der Waals surface area contributed by atoms with E-state index in [1.54, 1.807) is 6.07 Å². The molecule has 5 nitrogen and oxygen atoms in total. The Hall–Kier alpha value is -1.46. The van der Waals surface area contributed by atoms with Crippen molar-refractivity contribution < 1.29 is 19.0 Å². The molecule has 0 bridgehead atoms. The molecule has 0 heterocycles. The molecule has 0 spiro atoms. The van der Waals surface area contributed by atoms with Crippen molar-refractivity contribution in [1.82, 2.24) is 5.32 Å². The number of rotatable bonds is 8. The molecule has 1 N–H and O–H groups in total. The molecule has 0 saturated carbocycles. The van der Waals surface area contributed by atoms with Gasteiger partial charge in [0.2, 0.25) is 0 Å². The van der Waals surface area contributed by atoms with E-state index in [4.69, 9.17) is 21.1 Å². The van der Waals surface area contributed by atoms with Gasteiger partial charge in [-0.3, -0.25) is 0 Å². The summed E-state index contributed by atoms with van der Waals surface area (Å²) in [6.07, 6.45) is 0. The van der Waals surface area contributed by atoms with E-state index < -0.39 is 5.97 Å². The molecule has 0 aliphatic carbocycles. The molecule has 1 rings (SSSR count). The molecule has 0 aliphatic rings. The van der Waals surface area contributed by atoms with Crippen LogP contribution in [-0.4, -0.2) is 33.3 Å². The topological polar surface area (TPSA) is 56.8 Å². The van der Waals surface area contributed by atoms with Crippen molar-refractivity contribution in [2.75, 3.05) is 27.4 Å². The minimum absolute atomic E-state index is 0.211. The largest absolute Gasteiger partial charge is 0.493 e. The molecule has 0 radical (unpaired) electrons. The number of esters is 1. The van der Waals surface area contributed by atoms with Gasteiger partial charge in [-0.1, -0.05) is 25.4 Å². The van der Waals surface area contributed by atoms with Crippen molar-refractivity contribution in [3.05, 3.63) is 22.7 Å². The zero-order valence-corrected chi connectivity index (χ0v) is 13.6. The summed E-state index contributed by atoms with van der Waals surface area (Å²) in [5, 5.41) is 3.73. The predicted octanol–water partition coefficient (Wildman–Crippen LogP) is 2.65. The highest BCUT2D eigenvalue weighted by atomic mass is 35.5. The zero-order valence-electron chi connectivity index (χ0n) is 12.9. The summed E-state index contributed by atoms with van der Waals surface area (Å²) in [7, 11) is 2.83. The first-order chi connectivity index (χ1) is 9.97. The second-order valence-corrected chi connectivity index (χ2v) is 5.41. The van der Waals surface area contributed by atoms with Gasteiger partial charge < -0.3 is 19.5 Å². The Morgan fingerprint density at radius 1 is 1.33 bits per heavy atom. The number of carbonyl (C=O) groups is 1. The lowest BCUT2D eigenvalue weighted by atomic mass is 10.1. The molecule has 118 valence electrons. The SMILES string of the molecule is COC(=O)COc1c(Cl)cc(CNCC(C)C)cc1OC. The average Bonchev–Trinajstić information content (AvgIpc) is 2.44. The third kappa shape index (κ3) is 5.81. The van der Waals surface area contributed by atoms with E-state index in [1.165, 1.54) is 14.2 Å². The lowest BCUT2D eigenvalue weighted by molar-refractivity contribution is -0.142. The lowest BCUT2D eigenvalue weighted by Crippen LogP contribution is -2.19. The summed E-state index contributed by atoms with van der Waals surface area (Å²) in [5.41, 5.74) is 0.989. The molecule has 0 fully saturated rings. The normalized spacial score (nSPS) is 10.6. The van der Waals surface area contributed by atoms with E-state index in [-0.39, 0.29) is 6.61 Å². The number of hydrogen-bond acceptors (Lipinski definition) is 5. The maximum Gasteiger partial charge on any atom is 0.343 e. The van der Waals surface area contributed by atoms with Crippen molar-refractivity contribution in [3.63, 3.8) is 0 Å². The number of ether oxygens (including phenoxy) is 3.